The minimum Gasteiger partial charge on any atom is -0.365 e. The molecule has 1 aromatic rings. The molecule has 166 valence electrons. The van der Waals surface area contributed by atoms with Crippen molar-refractivity contribution < 1.29 is 18.3 Å². The molecule has 1 aliphatic carbocycles. The molecule has 3 fully saturated rings. The van der Waals surface area contributed by atoms with E-state index in [0.717, 1.165) is 25.7 Å². The highest BCUT2D eigenvalue weighted by molar-refractivity contribution is 7.91. The highest BCUT2D eigenvalue weighted by Gasteiger charge is 2.49. The fourth-order valence-electron chi connectivity index (χ4n) is 5.16. The van der Waals surface area contributed by atoms with E-state index in [0.29, 0.717) is 6.54 Å². The third kappa shape index (κ3) is 4.27. The summed E-state index contributed by atoms with van der Waals surface area (Å²) >= 11 is 0. The summed E-state index contributed by atoms with van der Waals surface area (Å²) in [6, 6.07) is 10.5. The standard InChI is InChI=1S/C21H32N4O4S/c1-22-21(17-5-3-2-4-6-17)9-7-20(8-10-21)16-25(19(27)23-20)15-18(26)24-11-13-30(28,29)14-12-24/h2-6,19,22-23,27H,7-16H2,1H3/t19?,20-,21+. The van der Waals surface area contributed by atoms with Crippen molar-refractivity contribution >= 4 is 15.7 Å². The highest BCUT2D eigenvalue weighted by atomic mass is 32.2. The Kier molecular flexibility index (Phi) is 5.93. The number of nitrogens with one attached hydrogen (secondary N) is 2. The van der Waals surface area contributed by atoms with Gasteiger partial charge >= 0.3 is 0 Å². The summed E-state index contributed by atoms with van der Waals surface area (Å²) in [5.41, 5.74) is 1.01. The second-order valence-corrected chi connectivity index (χ2v) is 11.2. The SMILES string of the molecule is CN[C@]1(c2ccccc2)CC[C@]2(CC1)CN(CC(=O)N1CCS(=O)(=O)CC1)C(O)N2. The molecule has 2 heterocycles. The Labute approximate surface area is 178 Å². The number of hydrogen-bond acceptors (Lipinski definition) is 7. The van der Waals surface area contributed by atoms with E-state index in [2.05, 4.69) is 34.9 Å². The zero-order chi connectivity index (χ0) is 21.4. The van der Waals surface area contributed by atoms with Gasteiger partial charge in [-0.15, -0.1) is 0 Å². The van der Waals surface area contributed by atoms with E-state index in [-0.39, 0.29) is 48.1 Å². The number of carbonyl (C=O) groups excluding carboxylic acids is 1. The lowest BCUT2D eigenvalue weighted by molar-refractivity contribution is -0.134. The molecule has 30 heavy (non-hydrogen) atoms. The van der Waals surface area contributed by atoms with Crippen molar-refractivity contribution in [1.82, 2.24) is 20.4 Å². The van der Waals surface area contributed by atoms with Crippen molar-refractivity contribution in [1.29, 1.82) is 0 Å². The largest absolute Gasteiger partial charge is 0.365 e. The number of hydrogen-bond donors (Lipinski definition) is 3. The summed E-state index contributed by atoms with van der Waals surface area (Å²) in [4.78, 5) is 16.0. The quantitative estimate of drug-likeness (QED) is 0.603. The van der Waals surface area contributed by atoms with Gasteiger partial charge in [0, 0.05) is 30.7 Å². The summed E-state index contributed by atoms with van der Waals surface area (Å²) in [6.07, 6.45) is 2.82. The Hall–Kier alpha value is -1.52. The van der Waals surface area contributed by atoms with Crippen LogP contribution in [-0.4, -0.2) is 85.9 Å². The molecular formula is C21H32N4O4S. The van der Waals surface area contributed by atoms with Crippen LogP contribution in [0.1, 0.15) is 31.2 Å². The lowest BCUT2D eigenvalue weighted by atomic mass is 9.69. The first-order valence-corrected chi connectivity index (χ1v) is 12.5. The molecule has 2 saturated heterocycles. The molecule has 1 atom stereocenters. The Morgan fingerprint density at radius 1 is 1.17 bits per heavy atom. The maximum atomic E-state index is 12.7. The fourth-order valence-corrected chi connectivity index (χ4v) is 6.36. The summed E-state index contributed by atoms with van der Waals surface area (Å²) in [7, 11) is -1.02. The molecular weight excluding hydrogens is 404 g/mol. The van der Waals surface area contributed by atoms with Crippen LogP contribution in [0.2, 0.25) is 0 Å². The minimum atomic E-state index is -3.02. The number of aliphatic hydroxyl groups is 1. The molecule has 2 aliphatic heterocycles. The molecule has 8 nitrogen and oxygen atoms in total. The molecule has 1 aromatic carbocycles. The second kappa shape index (κ2) is 8.20. The van der Waals surface area contributed by atoms with Gasteiger partial charge in [0.1, 0.15) is 0 Å². The topological polar surface area (TPSA) is 102 Å². The smallest absolute Gasteiger partial charge is 0.236 e. The Bertz CT molecular complexity index is 854. The maximum absolute atomic E-state index is 12.7. The van der Waals surface area contributed by atoms with Crippen molar-refractivity contribution in [3.8, 4) is 0 Å². The molecule has 4 rings (SSSR count). The van der Waals surface area contributed by atoms with Gasteiger partial charge in [-0.25, -0.2) is 8.42 Å². The molecule has 3 N–H and O–H groups in total. The Balaban J connectivity index is 1.37. The van der Waals surface area contributed by atoms with Crippen molar-refractivity contribution in [3.05, 3.63) is 35.9 Å². The first kappa shape index (κ1) is 21.7. The average Bonchev–Trinajstić information content (AvgIpc) is 3.04. The van der Waals surface area contributed by atoms with E-state index in [1.54, 1.807) is 9.80 Å². The van der Waals surface area contributed by atoms with Gasteiger partial charge in [-0.3, -0.25) is 15.0 Å². The lowest BCUT2D eigenvalue weighted by Crippen LogP contribution is -2.54. The normalized spacial score (nSPS) is 34.3. The molecule has 3 aliphatic rings. The van der Waals surface area contributed by atoms with E-state index < -0.39 is 16.2 Å². The summed E-state index contributed by atoms with van der Waals surface area (Å²) in [6.45, 7) is 1.20. The minimum absolute atomic E-state index is 0.0229. The predicted octanol–water partition coefficient (Wildman–Crippen LogP) is -0.148. The van der Waals surface area contributed by atoms with Gasteiger partial charge in [-0.1, -0.05) is 30.3 Å². The number of sulfone groups is 1. The van der Waals surface area contributed by atoms with E-state index in [9.17, 15) is 18.3 Å². The molecule has 0 bridgehead atoms. The van der Waals surface area contributed by atoms with Crippen molar-refractivity contribution in [2.24, 2.45) is 0 Å². The summed E-state index contributed by atoms with van der Waals surface area (Å²) in [5.74, 6) is -0.0723. The third-order valence-electron chi connectivity index (χ3n) is 7.19. The van der Waals surface area contributed by atoms with Crippen molar-refractivity contribution in [3.63, 3.8) is 0 Å². The molecule has 1 saturated carbocycles. The van der Waals surface area contributed by atoms with Crippen LogP contribution >= 0.6 is 0 Å². The van der Waals surface area contributed by atoms with E-state index in [4.69, 9.17) is 0 Å². The van der Waals surface area contributed by atoms with E-state index >= 15 is 0 Å². The fraction of sp³-hybridized carbons (Fsp3) is 0.667. The highest BCUT2D eigenvalue weighted by Crippen LogP contribution is 2.43. The van der Waals surface area contributed by atoms with Gasteiger partial charge in [0.2, 0.25) is 5.91 Å². The molecule has 0 aromatic heterocycles. The first-order valence-electron chi connectivity index (χ1n) is 10.7. The molecule has 0 radical (unpaired) electrons. The summed E-state index contributed by atoms with van der Waals surface area (Å²) in [5, 5.41) is 17.4. The molecule has 1 unspecified atom stereocenters. The summed E-state index contributed by atoms with van der Waals surface area (Å²) < 4.78 is 23.2. The van der Waals surface area contributed by atoms with Gasteiger partial charge in [-0.2, -0.15) is 0 Å². The Morgan fingerprint density at radius 3 is 2.40 bits per heavy atom. The monoisotopic (exact) mass is 436 g/mol. The van der Waals surface area contributed by atoms with Crippen LogP contribution < -0.4 is 10.6 Å². The van der Waals surface area contributed by atoms with Crippen LogP contribution in [0.4, 0.5) is 0 Å². The van der Waals surface area contributed by atoms with E-state index in [1.165, 1.54) is 5.56 Å². The number of aliphatic hydroxyl groups excluding tert-OH is 1. The van der Waals surface area contributed by atoms with Crippen LogP contribution in [0.15, 0.2) is 30.3 Å². The lowest BCUT2D eigenvalue weighted by Gasteiger charge is -2.45. The van der Waals surface area contributed by atoms with Gasteiger partial charge in [0.15, 0.2) is 16.2 Å². The van der Waals surface area contributed by atoms with E-state index in [1.807, 2.05) is 13.1 Å². The molecule has 1 amide bonds. The third-order valence-corrected chi connectivity index (χ3v) is 8.80. The van der Waals surface area contributed by atoms with Gasteiger partial charge in [0.05, 0.1) is 18.1 Å². The number of carbonyl (C=O) groups is 1. The van der Waals surface area contributed by atoms with Crippen LogP contribution in [0.25, 0.3) is 0 Å². The number of benzene rings is 1. The van der Waals surface area contributed by atoms with Crippen LogP contribution in [-0.2, 0) is 20.2 Å². The van der Waals surface area contributed by atoms with Crippen LogP contribution in [0.3, 0.4) is 0 Å². The van der Waals surface area contributed by atoms with Gasteiger partial charge in [0.25, 0.3) is 0 Å². The zero-order valence-corrected chi connectivity index (χ0v) is 18.3. The number of nitrogens with zero attached hydrogens (tertiary/aromatic N) is 2. The average molecular weight is 437 g/mol. The first-order chi connectivity index (χ1) is 14.3. The van der Waals surface area contributed by atoms with Crippen LogP contribution in [0.5, 0.6) is 0 Å². The molecule has 9 heteroatoms. The van der Waals surface area contributed by atoms with Gasteiger partial charge < -0.3 is 15.3 Å². The second-order valence-electron chi connectivity index (χ2n) is 8.93. The Morgan fingerprint density at radius 2 is 1.80 bits per heavy atom. The van der Waals surface area contributed by atoms with Gasteiger partial charge in [-0.05, 0) is 38.3 Å². The van der Waals surface area contributed by atoms with Crippen LogP contribution in [0, 0.1) is 0 Å². The zero-order valence-electron chi connectivity index (χ0n) is 17.5. The van der Waals surface area contributed by atoms with Crippen molar-refractivity contribution in [2.75, 3.05) is 44.7 Å². The molecule has 1 spiro atoms. The predicted molar refractivity (Wildman–Crippen MR) is 114 cm³/mol. The number of amides is 1. The number of rotatable bonds is 4. The van der Waals surface area contributed by atoms with Crippen molar-refractivity contribution in [2.45, 2.75) is 43.1 Å². The maximum Gasteiger partial charge on any atom is 0.236 e.